The summed E-state index contributed by atoms with van der Waals surface area (Å²) in [6.07, 6.45) is 5.56. The molecule has 1 unspecified atom stereocenters. The molecule has 1 aromatic rings. The zero-order valence-corrected chi connectivity index (χ0v) is 11.1. The molecule has 0 aromatic heterocycles. The summed E-state index contributed by atoms with van der Waals surface area (Å²) in [6, 6.07) is 3.85. The first kappa shape index (κ1) is 13.5. The molecule has 1 atom stereocenters. The van der Waals surface area contributed by atoms with Crippen molar-refractivity contribution in [1.29, 1.82) is 0 Å². The molecule has 2 rings (SSSR count). The van der Waals surface area contributed by atoms with E-state index >= 15 is 0 Å². The van der Waals surface area contributed by atoms with Crippen molar-refractivity contribution in [2.45, 2.75) is 45.1 Å². The fourth-order valence-corrected chi connectivity index (χ4v) is 3.28. The number of halogens is 2. The van der Waals surface area contributed by atoms with Gasteiger partial charge in [-0.1, -0.05) is 32.3 Å². The van der Waals surface area contributed by atoms with Gasteiger partial charge in [0.1, 0.15) is 11.6 Å². The lowest BCUT2D eigenvalue weighted by molar-refractivity contribution is 0.145. The average Bonchev–Trinajstić information content (AvgIpc) is 2.34. The van der Waals surface area contributed by atoms with E-state index in [9.17, 15) is 8.78 Å². The van der Waals surface area contributed by atoms with Gasteiger partial charge >= 0.3 is 0 Å². The topological polar surface area (TPSA) is 12.0 Å². The van der Waals surface area contributed by atoms with E-state index in [0.29, 0.717) is 0 Å². The van der Waals surface area contributed by atoms with E-state index in [2.05, 4.69) is 12.2 Å². The maximum atomic E-state index is 13.9. The lowest BCUT2D eigenvalue weighted by Crippen LogP contribution is -2.37. The van der Waals surface area contributed by atoms with Crippen LogP contribution in [0.4, 0.5) is 8.78 Å². The molecule has 3 heteroatoms. The lowest BCUT2D eigenvalue weighted by atomic mass is 9.68. The second-order valence-electron chi connectivity index (χ2n) is 5.57. The van der Waals surface area contributed by atoms with Gasteiger partial charge in [0.25, 0.3) is 0 Å². The molecule has 0 bridgehead atoms. The first-order valence-electron chi connectivity index (χ1n) is 6.70. The molecule has 1 fully saturated rings. The summed E-state index contributed by atoms with van der Waals surface area (Å²) >= 11 is 0. The highest BCUT2D eigenvalue weighted by molar-refractivity contribution is 5.25. The monoisotopic (exact) mass is 253 g/mol. The van der Waals surface area contributed by atoms with Gasteiger partial charge in [-0.2, -0.15) is 0 Å². The van der Waals surface area contributed by atoms with Crippen molar-refractivity contribution in [1.82, 2.24) is 5.32 Å². The highest BCUT2D eigenvalue weighted by Crippen LogP contribution is 2.46. The molecule has 1 N–H and O–H groups in total. The molecule has 0 aliphatic heterocycles. The van der Waals surface area contributed by atoms with Crippen LogP contribution in [0.5, 0.6) is 0 Å². The number of hydrogen-bond donors (Lipinski definition) is 1. The summed E-state index contributed by atoms with van der Waals surface area (Å²) in [7, 11) is 1.79. The van der Waals surface area contributed by atoms with Crippen molar-refractivity contribution in [2.24, 2.45) is 5.41 Å². The number of nitrogens with one attached hydrogen (secondary N) is 1. The second kappa shape index (κ2) is 5.35. The molecule has 0 amide bonds. The third-order valence-electron chi connectivity index (χ3n) is 4.27. The SMILES string of the molecule is CNC(c1c(F)cccc1F)C1(C)CCCCC1. The fourth-order valence-electron chi connectivity index (χ4n) is 3.28. The molecule has 1 aliphatic rings. The van der Waals surface area contributed by atoms with Gasteiger partial charge in [0.15, 0.2) is 0 Å². The summed E-state index contributed by atoms with van der Waals surface area (Å²) in [5.41, 5.74) is 0.139. The van der Waals surface area contributed by atoms with E-state index < -0.39 is 11.6 Å². The van der Waals surface area contributed by atoms with E-state index in [1.54, 1.807) is 7.05 Å². The highest BCUT2D eigenvalue weighted by atomic mass is 19.1. The molecule has 1 saturated carbocycles. The minimum atomic E-state index is -0.443. The summed E-state index contributed by atoms with van der Waals surface area (Å²) in [5.74, 6) is -0.887. The molecule has 1 aromatic carbocycles. The minimum Gasteiger partial charge on any atom is -0.312 e. The van der Waals surface area contributed by atoms with Gasteiger partial charge in [-0.3, -0.25) is 0 Å². The number of hydrogen-bond acceptors (Lipinski definition) is 1. The van der Waals surface area contributed by atoms with Crippen LogP contribution in [-0.4, -0.2) is 7.05 Å². The fraction of sp³-hybridized carbons (Fsp3) is 0.600. The largest absolute Gasteiger partial charge is 0.312 e. The van der Waals surface area contributed by atoms with E-state index in [1.807, 2.05) is 0 Å². The Labute approximate surface area is 108 Å². The van der Waals surface area contributed by atoms with Crippen molar-refractivity contribution < 1.29 is 8.78 Å². The van der Waals surface area contributed by atoms with Gasteiger partial charge in [0.05, 0.1) is 0 Å². The van der Waals surface area contributed by atoms with Crippen molar-refractivity contribution in [3.05, 3.63) is 35.4 Å². The zero-order chi connectivity index (χ0) is 13.2. The second-order valence-corrected chi connectivity index (χ2v) is 5.57. The number of benzene rings is 1. The molecule has 0 spiro atoms. The van der Waals surface area contributed by atoms with Crippen molar-refractivity contribution in [3.63, 3.8) is 0 Å². The highest BCUT2D eigenvalue weighted by Gasteiger charge is 2.38. The van der Waals surface area contributed by atoms with Crippen LogP contribution in [-0.2, 0) is 0 Å². The molecule has 0 saturated heterocycles. The molecule has 1 aliphatic carbocycles. The predicted octanol–water partition coefficient (Wildman–Crippen LogP) is 4.20. The Bertz CT molecular complexity index is 391. The van der Waals surface area contributed by atoms with Gasteiger partial charge in [-0.25, -0.2) is 8.78 Å². The van der Waals surface area contributed by atoms with Crippen LogP contribution in [0, 0.1) is 17.0 Å². The molecule has 100 valence electrons. The molecule has 18 heavy (non-hydrogen) atoms. The summed E-state index contributed by atoms with van der Waals surface area (Å²) in [5, 5.41) is 3.13. The van der Waals surface area contributed by atoms with Gasteiger partial charge in [0.2, 0.25) is 0 Å². The maximum absolute atomic E-state index is 13.9. The first-order valence-corrected chi connectivity index (χ1v) is 6.70. The smallest absolute Gasteiger partial charge is 0.130 e. The van der Waals surface area contributed by atoms with Crippen LogP contribution >= 0.6 is 0 Å². The Morgan fingerprint density at radius 2 is 1.67 bits per heavy atom. The van der Waals surface area contributed by atoms with Gasteiger partial charge in [0, 0.05) is 11.6 Å². The quantitative estimate of drug-likeness (QED) is 0.851. The lowest BCUT2D eigenvalue weighted by Gasteiger charge is -2.41. The van der Waals surface area contributed by atoms with Gasteiger partial charge in [-0.05, 0) is 37.4 Å². The van der Waals surface area contributed by atoms with E-state index in [0.717, 1.165) is 25.7 Å². The molecular weight excluding hydrogens is 232 g/mol. The summed E-state index contributed by atoms with van der Waals surface area (Å²) < 4.78 is 27.9. The Morgan fingerprint density at radius 1 is 1.11 bits per heavy atom. The third-order valence-corrected chi connectivity index (χ3v) is 4.27. The van der Waals surface area contributed by atoms with E-state index in [-0.39, 0.29) is 17.0 Å². The van der Waals surface area contributed by atoms with Crippen LogP contribution in [0.3, 0.4) is 0 Å². The maximum Gasteiger partial charge on any atom is 0.130 e. The third kappa shape index (κ3) is 2.41. The summed E-state index contributed by atoms with van der Waals surface area (Å²) in [6.45, 7) is 2.14. The van der Waals surface area contributed by atoms with Crippen LogP contribution in [0.2, 0.25) is 0 Å². The van der Waals surface area contributed by atoms with Crippen molar-refractivity contribution in [2.75, 3.05) is 7.05 Å². The molecule has 1 nitrogen and oxygen atoms in total. The zero-order valence-electron chi connectivity index (χ0n) is 11.1. The molecular formula is C15H21F2N. The predicted molar refractivity (Wildman–Crippen MR) is 69.4 cm³/mol. The molecule has 0 heterocycles. The van der Waals surface area contributed by atoms with Gasteiger partial charge < -0.3 is 5.32 Å². The van der Waals surface area contributed by atoms with Crippen molar-refractivity contribution >= 4 is 0 Å². The Morgan fingerprint density at radius 3 is 2.17 bits per heavy atom. The van der Waals surface area contributed by atoms with Crippen LogP contribution in [0.1, 0.15) is 50.6 Å². The first-order chi connectivity index (χ1) is 8.58. The number of rotatable bonds is 3. The standard InChI is InChI=1S/C15H21F2N/c1-15(9-4-3-5-10-15)14(18-2)13-11(16)7-6-8-12(13)17/h6-8,14,18H,3-5,9-10H2,1-2H3. The van der Waals surface area contributed by atoms with E-state index in [1.165, 1.54) is 24.6 Å². The summed E-state index contributed by atoms with van der Waals surface area (Å²) in [4.78, 5) is 0. The minimum absolute atomic E-state index is 0.0595. The Kier molecular flexibility index (Phi) is 4.00. The normalized spacial score (nSPS) is 20.7. The van der Waals surface area contributed by atoms with E-state index in [4.69, 9.17) is 0 Å². The Hall–Kier alpha value is -0.960. The van der Waals surface area contributed by atoms with Crippen LogP contribution in [0.15, 0.2) is 18.2 Å². The van der Waals surface area contributed by atoms with Crippen LogP contribution in [0.25, 0.3) is 0 Å². The van der Waals surface area contributed by atoms with Crippen LogP contribution < -0.4 is 5.32 Å². The molecule has 0 radical (unpaired) electrons. The Balaban J connectivity index is 2.38. The van der Waals surface area contributed by atoms with Gasteiger partial charge in [-0.15, -0.1) is 0 Å². The van der Waals surface area contributed by atoms with Crippen molar-refractivity contribution in [3.8, 4) is 0 Å². The average molecular weight is 253 g/mol.